The molecule has 0 saturated carbocycles. The van der Waals surface area contributed by atoms with Crippen LogP contribution in [0.3, 0.4) is 0 Å². The first-order valence-electron chi connectivity index (χ1n) is 5.12. The molecule has 96 valence electrons. The molecule has 8 heteroatoms. The predicted octanol–water partition coefficient (Wildman–Crippen LogP) is 0.635. The topological polar surface area (TPSA) is 97.1 Å². The van der Waals surface area contributed by atoms with Crippen molar-refractivity contribution in [2.75, 3.05) is 12.8 Å². The van der Waals surface area contributed by atoms with Crippen LogP contribution in [0.4, 0.5) is 0 Å². The summed E-state index contributed by atoms with van der Waals surface area (Å²) >= 11 is 1.24. The van der Waals surface area contributed by atoms with Gasteiger partial charge in [-0.25, -0.2) is 12.7 Å². The average molecular weight is 284 g/mol. The Balaban J connectivity index is 2.44. The van der Waals surface area contributed by atoms with E-state index in [1.807, 2.05) is 6.07 Å². The molecule has 0 unspecified atom stereocenters. The van der Waals surface area contributed by atoms with Gasteiger partial charge in [0.2, 0.25) is 16.0 Å². The van der Waals surface area contributed by atoms with E-state index in [9.17, 15) is 8.42 Å². The number of nitriles is 1. The van der Waals surface area contributed by atoms with E-state index in [1.54, 1.807) is 19.1 Å². The van der Waals surface area contributed by atoms with Gasteiger partial charge in [0.1, 0.15) is 10.9 Å². The zero-order valence-corrected chi connectivity index (χ0v) is 11.5. The number of nitrogens with zero attached hydrogens (tertiary/aromatic N) is 2. The van der Waals surface area contributed by atoms with Crippen molar-refractivity contribution in [3.8, 4) is 6.07 Å². The molecule has 18 heavy (non-hydrogen) atoms. The van der Waals surface area contributed by atoms with Crippen molar-refractivity contribution in [3.05, 3.63) is 21.9 Å². The molecule has 2 heterocycles. The number of rotatable bonds is 1. The molecule has 1 saturated heterocycles. The van der Waals surface area contributed by atoms with Crippen LogP contribution in [-0.2, 0) is 15.6 Å². The lowest BCUT2D eigenvalue weighted by molar-refractivity contribution is 0.424. The van der Waals surface area contributed by atoms with E-state index in [2.05, 4.69) is 5.32 Å². The van der Waals surface area contributed by atoms with Gasteiger partial charge in [-0.2, -0.15) is 5.26 Å². The summed E-state index contributed by atoms with van der Waals surface area (Å²) in [6, 6.07) is 5.40. The zero-order valence-electron chi connectivity index (χ0n) is 9.89. The lowest BCUT2D eigenvalue weighted by Gasteiger charge is -2.39. The summed E-state index contributed by atoms with van der Waals surface area (Å²) < 4.78 is 24.8. The van der Waals surface area contributed by atoms with E-state index in [1.165, 1.54) is 18.4 Å². The minimum absolute atomic E-state index is 0.135. The highest BCUT2D eigenvalue weighted by Crippen LogP contribution is 2.32. The van der Waals surface area contributed by atoms with E-state index in [0.717, 1.165) is 9.18 Å². The number of hydrogen-bond acceptors (Lipinski definition) is 5. The molecule has 0 spiro atoms. The highest BCUT2D eigenvalue weighted by Gasteiger charge is 2.42. The average Bonchev–Trinajstić information content (AvgIpc) is 2.74. The molecule has 0 aromatic carbocycles. The quantitative estimate of drug-likeness (QED) is 0.790. The van der Waals surface area contributed by atoms with E-state index < -0.39 is 15.6 Å². The first-order valence-corrected chi connectivity index (χ1v) is 7.55. The van der Waals surface area contributed by atoms with Crippen molar-refractivity contribution in [2.45, 2.75) is 12.5 Å². The summed E-state index contributed by atoms with van der Waals surface area (Å²) in [5.41, 5.74) is -0.859. The summed E-state index contributed by atoms with van der Waals surface area (Å²) in [6.45, 7) is 1.72. The first-order chi connectivity index (χ1) is 8.28. The van der Waals surface area contributed by atoms with Crippen LogP contribution < -0.4 is 5.32 Å². The Labute approximate surface area is 109 Å². The van der Waals surface area contributed by atoms with Crippen molar-refractivity contribution < 1.29 is 8.42 Å². The van der Waals surface area contributed by atoms with Gasteiger partial charge >= 0.3 is 0 Å². The van der Waals surface area contributed by atoms with Gasteiger partial charge in [-0.1, -0.05) is 0 Å². The summed E-state index contributed by atoms with van der Waals surface area (Å²) in [6.07, 6.45) is 0. The highest BCUT2D eigenvalue weighted by atomic mass is 32.2. The van der Waals surface area contributed by atoms with Crippen molar-refractivity contribution in [1.29, 1.82) is 10.7 Å². The number of guanidine groups is 1. The molecule has 0 aliphatic carbocycles. The summed E-state index contributed by atoms with van der Waals surface area (Å²) in [7, 11) is -2.15. The SMILES string of the molecule is CN1C(=N)N[C@](C)(c2ccc(C#N)s2)CS1(=O)=O. The van der Waals surface area contributed by atoms with Crippen molar-refractivity contribution in [2.24, 2.45) is 0 Å². The monoisotopic (exact) mass is 284 g/mol. The molecule has 0 bridgehead atoms. The van der Waals surface area contributed by atoms with E-state index in [0.29, 0.717) is 4.88 Å². The van der Waals surface area contributed by atoms with Crippen LogP contribution in [0, 0.1) is 16.7 Å². The maximum absolute atomic E-state index is 11.9. The van der Waals surface area contributed by atoms with Gasteiger partial charge in [0.15, 0.2) is 0 Å². The second-order valence-corrected chi connectivity index (χ2v) is 7.39. The molecule has 1 aliphatic heterocycles. The molecule has 1 aromatic rings. The van der Waals surface area contributed by atoms with E-state index >= 15 is 0 Å². The van der Waals surface area contributed by atoms with Crippen LogP contribution in [0.1, 0.15) is 16.7 Å². The van der Waals surface area contributed by atoms with Gasteiger partial charge in [0, 0.05) is 11.9 Å². The predicted molar refractivity (Wildman–Crippen MR) is 68.8 cm³/mol. The Morgan fingerprint density at radius 2 is 2.28 bits per heavy atom. The fraction of sp³-hybridized carbons (Fsp3) is 0.400. The standard InChI is InChI=1S/C10H12N4O2S2/c1-10(8-4-3-7(5-11)17-8)6-18(15,16)14(2)9(12)13-10/h3-4H,6H2,1-2H3,(H2,12,13)/t10-/m0/s1. The minimum Gasteiger partial charge on any atom is -0.344 e. The van der Waals surface area contributed by atoms with Gasteiger partial charge in [-0.05, 0) is 19.1 Å². The second-order valence-electron chi connectivity index (χ2n) is 4.31. The number of hydrogen-bond donors (Lipinski definition) is 2. The van der Waals surface area contributed by atoms with Gasteiger partial charge in [0.05, 0.1) is 11.3 Å². The van der Waals surface area contributed by atoms with Crippen LogP contribution in [0.5, 0.6) is 0 Å². The Morgan fingerprint density at radius 1 is 1.61 bits per heavy atom. The number of nitrogens with one attached hydrogen (secondary N) is 2. The Hall–Kier alpha value is -1.59. The lowest BCUT2D eigenvalue weighted by Crippen LogP contribution is -2.60. The largest absolute Gasteiger partial charge is 0.344 e. The van der Waals surface area contributed by atoms with Crippen LogP contribution in [0.25, 0.3) is 0 Å². The van der Waals surface area contributed by atoms with E-state index in [-0.39, 0.29) is 11.7 Å². The molecule has 1 aliphatic rings. The Bertz CT molecular complexity index is 643. The van der Waals surface area contributed by atoms with Gasteiger partial charge in [-0.15, -0.1) is 11.3 Å². The van der Waals surface area contributed by atoms with Gasteiger partial charge in [-0.3, -0.25) is 5.41 Å². The summed E-state index contributed by atoms with van der Waals surface area (Å²) in [4.78, 5) is 1.26. The smallest absolute Gasteiger partial charge is 0.239 e. The number of thiophene rings is 1. The lowest BCUT2D eigenvalue weighted by atomic mass is 10.0. The molecule has 0 radical (unpaired) electrons. The molecular weight excluding hydrogens is 272 g/mol. The van der Waals surface area contributed by atoms with Crippen molar-refractivity contribution in [3.63, 3.8) is 0 Å². The van der Waals surface area contributed by atoms with Crippen LogP contribution in [0.15, 0.2) is 12.1 Å². The van der Waals surface area contributed by atoms with Crippen molar-refractivity contribution >= 4 is 27.3 Å². The van der Waals surface area contributed by atoms with Gasteiger partial charge < -0.3 is 5.32 Å². The fourth-order valence-corrected chi connectivity index (χ4v) is 4.27. The summed E-state index contributed by atoms with van der Waals surface area (Å²) in [5, 5.41) is 19.4. The fourth-order valence-electron chi connectivity index (χ4n) is 1.80. The van der Waals surface area contributed by atoms with Gasteiger partial charge in [0.25, 0.3) is 0 Å². The molecule has 2 rings (SSSR count). The molecular formula is C10H12N4O2S2. The zero-order chi connectivity index (χ0) is 13.6. The molecule has 1 aromatic heterocycles. The minimum atomic E-state index is -3.49. The Morgan fingerprint density at radius 3 is 2.78 bits per heavy atom. The summed E-state index contributed by atoms with van der Waals surface area (Å²) in [5.74, 6) is -0.291. The molecule has 2 N–H and O–H groups in total. The van der Waals surface area contributed by atoms with Crippen LogP contribution in [-0.4, -0.2) is 31.5 Å². The van der Waals surface area contributed by atoms with Crippen molar-refractivity contribution in [1.82, 2.24) is 9.62 Å². The normalized spacial score (nSPS) is 26.5. The maximum Gasteiger partial charge on any atom is 0.239 e. The molecule has 0 amide bonds. The highest BCUT2D eigenvalue weighted by molar-refractivity contribution is 7.89. The van der Waals surface area contributed by atoms with Crippen LogP contribution in [0.2, 0.25) is 0 Å². The van der Waals surface area contributed by atoms with Crippen LogP contribution >= 0.6 is 11.3 Å². The third-order valence-electron chi connectivity index (χ3n) is 2.86. The molecule has 6 nitrogen and oxygen atoms in total. The number of sulfonamides is 1. The second kappa shape index (κ2) is 3.96. The molecule has 1 fully saturated rings. The third kappa shape index (κ3) is 1.95. The Kier molecular flexibility index (Phi) is 2.83. The first kappa shape index (κ1) is 12.9. The van der Waals surface area contributed by atoms with E-state index in [4.69, 9.17) is 10.7 Å². The third-order valence-corrected chi connectivity index (χ3v) is 6.07. The maximum atomic E-state index is 11.9. The molecule has 1 atom stereocenters.